The van der Waals surface area contributed by atoms with Gasteiger partial charge in [0.25, 0.3) is 0 Å². The van der Waals surface area contributed by atoms with Crippen molar-refractivity contribution in [1.29, 1.82) is 0 Å². The molecule has 3 rings (SSSR count). The molecule has 2 atom stereocenters. The Morgan fingerprint density at radius 1 is 1.30 bits per heavy atom. The van der Waals surface area contributed by atoms with Crippen molar-refractivity contribution in [3.05, 3.63) is 23.8 Å². The van der Waals surface area contributed by atoms with E-state index in [2.05, 4.69) is 15.4 Å². The summed E-state index contributed by atoms with van der Waals surface area (Å²) < 4.78 is 35.5. The number of fused-ring (bicyclic) bond motifs is 2. The van der Waals surface area contributed by atoms with Gasteiger partial charge in [0.2, 0.25) is 5.91 Å². The molecule has 1 aromatic carbocycles. The molecule has 2 unspecified atom stereocenters. The summed E-state index contributed by atoms with van der Waals surface area (Å²) in [4.78, 5) is 12.3. The molecule has 2 aliphatic heterocycles. The van der Waals surface area contributed by atoms with Crippen molar-refractivity contribution < 1.29 is 23.0 Å². The van der Waals surface area contributed by atoms with Gasteiger partial charge in [-0.05, 0) is 44.6 Å². The lowest BCUT2D eigenvalue weighted by atomic mass is 9.89. The number of alkyl halides is 2. The van der Waals surface area contributed by atoms with Gasteiger partial charge in [0.1, 0.15) is 0 Å². The number of hydrogen-bond acceptors (Lipinski definition) is 4. The predicted octanol–water partition coefficient (Wildman–Crippen LogP) is 3.65. The fraction of sp³-hybridized carbons (Fsp3) is 0.632. The van der Waals surface area contributed by atoms with Crippen LogP contribution in [-0.2, 0) is 11.3 Å². The highest BCUT2D eigenvalue weighted by Gasteiger charge is 2.34. The molecule has 1 aromatic rings. The van der Waals surface area contributed by atoms with Gasteiger partial charge in [-0.1, -0.05) is 12.1 Å². The van der Waals surface area contributed by atoms with Crippen molar-refractivity contribution in [1.82, 2.24) is 10.6 Å². The minimum atomic E-state index is -2.95. The second-order valence-corrected chi connectivity index (χ2v) is 7.01. The summed E-state index contributed by atoms with van der Waals surface area (Å²) in [6, 6.07) is 6.03. The summed E-state index contributed by atoms with van der Waals surface area (Å²) in [5.41, 5.74) is 0.481. The molecule has 152 valence electrons. The first-order valence-electron chi connectivity index (χ1n) is 9.27. The van der Waals surface area contributed by atoms with Gasteiger partial charge in [-0.25, -0.2) is 0 Å². The van der Waals surface area contributed by atoms with Gasteiger partial charge in [0, 0.05) is 30.6 Å². The second kappa shape index (κ2) is 10.1. The molecule has 2 bridgehead atoms. The van der Waals surface area contributed by atoms with Gasteiger partial charge in [-0.2, -0.15) is 8.78 Å². The Morgan fingerprint density at radius 3 is 2.63 bits per heavy atom. The molecular weight excluding hydrogens is 378 g/mol. The van der Waals surface area contributed by atoms with Crippen LogP contribution in [0.5, 0.6) is 11.5 Å². The van der Waals surface area contributed by atoms with Gasteiger partial charge >= 0.3 is 6.61 Å². The van der Waals surface area contributed by atoms with E-state index < -0.39 is 6.61 Å². The number of para-hydroxylation sites is 1. The quantitative estimate of drug-likeness (QED) is 0.694. The zero-order valence-corrected chi connectivity index (χ0v) is 16.2. The molecular formula is C19H27ClF2N2O3. The molecule has 2 aliphatic rings. The largest absolute Gasteiger partial charge is 0.490 e. The first-order valence-corrected chi connectivity index (χ1v) is 9.27. The smallest absolute Gasteiger partial charge is 0.387 e. The van der Waals surface area contributed by atoms with E-state index in [9.17, 15) is 13.6 Å². The van der Waals surface area contributed by atoms with E-state index in [1.807, 2.05) is 0 Å². The zero-order valence-electron chi connectivity index (χ0n) is 15.4. The van der Waals surface area contributed by atoms with E-state index >= 15 is 0 Å². The summed E-state index contributed by atoms with van der Waals surface area (Å²) >= 11 is 0. The standard InChI is InChI=1S/C19H26F2N2O3.ClH/c1-2-25-16-5-3-4-13(18(16)26-19(20)21)11-22-17(24)10-12-8-14-6-7-15(9-12)23-14;/h3-5,12,14-15,19,23H,2,6-11H2,1H3,(H,22,24);1H. The molecule has 1 amide bonds. The van der Waals surface area contributed by atoms with Crippen LogP contribution in [0.2, 0.25) is 0 Å². The number of piperidine rings is 1. The van der Waals surface area contributed by atoms with Crippen molar-refractivity contribution in [2.24, 2.45) is 5.92 Å². The number of nitrogens with one attached hydrogen (secondary N) is 2. The number of halogens is 3. The van der Waals surface area contributed by atoms with E-state index in [-0.39, 0.29) is 36.4 Å². The van der Waals surface area contributed by atoms with Gasteiger partial charge in [0.15, 0.2) is 11.5 Å². The maximum atomic E-state index is 12.7. The van der Waals surface area contributed by atoms with E-state index in [4.69, 9.17) is 4.74 Å². The Labute approximate surface area is 164 Å². The topological polar surface area (TPSA) is 59.6 Å². The lowest BCUT2D eigenvalue weighted by Gasteiger charge is -2.28. The third-order valence-corrected chi connectivity index (χ3v) is 5.09. The monoisotopic (exact) mass is 404 g/mol. The minimum Gasteiger partial charge on any atom is -0.490 e. The maximum Gasteiger partial charge on any atom is 0.387 e. The molecule has 5 nitrogen and oxygen atoms in total. The Hall–Kier alpha value is -1.60. The molecule has 0 saturated carbocycles. The summed E-state index contributed by atoms with van der Waals surface area (Å²) in [5, 5.41) is 6.40. The summed E-state index contributed by atoms with van der Waals surface area (Å²) in [6.07, 6.45) is 4.93. The fourth-order valence-electron chi connectivity index (χ4n) is 4.06. The van der Waals surface area contributed by atoms with Crippen molar-refractivity contribution >= 4 is 18.3 Å². The van der Waals surface area contributed by atoms with E-state index in [1.54, 1.807) is 25.1 Å². The summed E-state index contributed by atoms with van der Waals surface area (Å²) in [5.74, 6) is 0.584. The molecule has 8 heteroatoms. The molecule has 2 heterocycles. The molecule has 0 radical (unpaired) electrons. The van der Waals surface area contributed by atoms with Gasteiger partial charge < -0.3 is 20.1 Å². The summed E-state index contributed by atoms with van der Waals surface area (Å²) in [6.45, 7) is -0.698. The normalized spacial score (nSPS) is 23.6. The second-order valence-electron chi connectivity index (χ2n) is 7.01. The number of hydrogen-bond donors (Lipinski definition) is 2. The SMILES string of the molecule is CCOc1cccc(CNC(=O)CC2CC3CCC(C2)N3)c1OC(F)F.Cl. The van der Waals surface area contributed by atoms with Crippen LogP contribution in [0.25, 0.3) is 0 Å². The summed E-state index contributed by atoms with van der Waals surface area (Å²) in [7, 11) is 0. The molecule has 27 heavy (non-hydrogen) atoms. The Kier molecular flexibility index (Phi) is 8.10. The highest BCUT2D eigenvalue weighted by atomic mass is 35.5. The van der Waals surface area contributed by atoms with Crippen molar-refractivity contribution in [2.75, 3.05) is 6.61 Å². The number of carbonyl (C=O) groups is 1. The van der Waals surface area contributed by atoms with Gasteiger partial charge in [-0.3, -0.25) is 4.79 Å². The Balaban J connectivity index is 0.00000261. The van der Waals surface area contributed by atoms with Crippen LogP contribution in [0.3, 0.4) is 0 Å². The average Bonchev–Trinajstić information content (AvgIpc) is 2.93. The minimum absolute atomic E-state index is 0. The van der Waals surface area contributed by atoms with E-state index in [0.29, 0.717) is 36.6 Å². The average molecular weight is 405 g/mol. The highest BCUT2D eigenvalue weighted by Crippen LogP contribution is 2.34. The van der Waals surface area contributed by atoms with Crippen molar-refractivity contribution in [3.63, 3.8) is 0 Å². The van der Waals surface area contributed by atoms with Crippen LogP contribution in [0.15, 0.2) is 18.2 Å². The molecule has 0 spiro atoms. The number of amides is 1. The van der Waals surface area contributed by atoms with Crippen LogP contribution < -0.4 is 20.1 Å². The van der Waals surface area contributed by atoms with Crippen LogP contribution >= 0.6 is 12.4 Å². The lowest BCUT2D eigenvalue weighted by molar-refractivity contribution is -0.122. The molecule has 0 aromatic heterocycles. The number of rotatable bonds is 8. The van der Waals surface area contributed by atoms with Crippen LogP contribution in [-0.4, -0.2) is 31.2 Å². The van der Waals surface area contributed by atoms with E-state index in [0.717, 1.165) is 12.8 Å². The first kappa shape index (κ1) is 21.7. The maximum absolute atomic E-state index is 12.7. The van der Waals surface area contributed by atoms with Crippen LogP contribution in [0.4, 0.5) is 8.78 Å². The van der Waals surface area contributed by atoms with Crippen LogP contribution in [0.1, 0.15) is 44.6 Å². The van der Waals surface area contributed by atoms with Gasteiger partial charge in [-0.15, -0.1) is 12.4 Å². The number of ether oxygens (including phenoxy) is 2. The first-order chi connectivity index (χ1) is 12.5. The predicted molar refractivity (Wildman–Crippen MR) is 101 cm³/mol. The number of benzene rings is 1. The third-order valence-electron chi connectivity index (χ3n) is 5.09. The fourth-order valence-corrected chi connectivity index (χ4v) is 4.06. The lowest BCUT2D eigenvalue weighted by Crippen LogP contribution is -2.39. The zero-order chi connectivity index (χ0) is 18.5. The van der Waals surface area contributed by atoms with Crippen LogP contribution in [0, 0.1) is 5.92 Å². The third kappa shape index (κ3) is 5.94. The van der Waals surface area contributed by atoms with Crippen molar-refractivity contribution in [3.8, 4) is 11.5 Å². The molecule has 2 N–H and O–H groups in total. The Bertz CT molecular complexity index is 621. The number of carbonyl (C=O) groups excluding carboxylic acids is 1. The molecule has 2 saturated heterocycles. The highest BCUT2D eigenvalue weighted by molar-refractivity contribution is 5.85. The van der Waals surface area contributed by atoms with Crippen molar-refractivity contribution in [2.45, 2.75) is 64.3 Å². The molecule has 2 fully saturated rings. The Morgan fingerprint density at radius 2 is 2.00 bits per heavy atom. The molecule has 0 aliphatic carbocycles. The van der Waals surface area contributed by atoms with Gasteiger partial charge in [0.05, 0.1) is 6.61 Å². The van der Waals surface area contributed by atoms with E-state index in [1.165, 1.54) is 12.8 Å².